The Morgan fingerprint density at radius 2 is 1.70 bits per heavy atom. The molecule has 6 heteroatoms. The minimum atomic E-state index is -4.55. The molecule has 0 atom stereocenters. The highest BCUT2D eigenvalue weighted by Crippen LogP contribution is 2.30. The lowest BCUT2D eigenvalue weighted by Crippen LogP contribution is -2.09. The molecule has 0 aliphatic carbocycles. The van der Waals surface area contributed by atoms with E-state index in [0.29, 0.717) is 6.07 Å². The molecule has 0 amide bonds. The van der Waals surface area contributed by atoms with Crippen LogP contribution in [0.5, 0.6) is 0 Å². The van der Waals surface area contributed by atoms with Crippen LogP contribution in [0, 0.1) is 5.82 Å². The second-order valence-corrected chi connectivity index (χ2v) is 4.86. The lowest BCUT2D eigenvalue weighted by Gasteiger charge is -2.09. The summed E-state index contributed by atoms with van der Waals surface area (Å²) in [5.74, 6) is -1.59. The number of halogens is 5. The van der Waals surface area contributed by atoms with Crippen LogP contribution < -0.4 is 0 Å². The predicted molar refractivity (Wildman–Crippen MR) is 69.0 cm³/mol. The fraction of sp³-hybridized carbons (Fsp3) is 0.0714. The van der Waals surface area contributed by atoms with Crippen molar-refractivity contribution < 1.29 is 22.4 Å². The normalized spacial score (nSPS) is 11.4. The molecule has 0 saturated carbocycles. The van der Waals surface area contributed by atoms with Gasteiger partial charge in [0.05, 0.1) is 11.1 Å². The van der Waals surface area contributed by atoms with Crippen molar-refractivity contribution in [2.24, 2.45) is 0 Å². The van der Waals surface area contributed by atoms with Crippen LogP contribution in [0.4, 0.5) is 17.6 Å². The number of benzene rings is 2. The highest BCUT2D eigenvalue weighted by Gasteiger charge is 2.31. The molecular weight excluding hydrogens is 340 g/mol. The van der Waals surface area contributed by atoms with Crippen LogP contribution in [-0.4, -0.2) is 5.78 Å². The third-order valence-electron chi connectivity index (χ3n) is 2.64. The van der Waals surface area contributed by atoms with E-state index in [-0.39, 0.29) is 15.6 Å². The molecule has 104 valence electrons. The zero-order chi connectivity index (χ0) is 14.9. The zero-order valence-corrected chi connectivity index (χ0v) is 11.4. The van der Waals surface area contributed by atoms with Crippen molar-refractivity contribution in [1.29, 1.82) is 0 Å². The van der Waals surface area contributed by atoms with Crippen LogP contribution in [0.25, 0.3) is 0 Å². The van der Waals surface area contributed by atoms with E-state index >= 15 is 0 Å². The Kier molecular flexibility index (Phi) is 3.94. The maximum Gasteiger partial charge on any atom is 0.416 e. The van der Waals surface area contributed by atoms with Crippen LogP contribution >= 0.6 is 15.9 Å². The zero-order valence-electron chi connectivity index (χ0n) is 9.84. The molecule has 0 fully saturated rings. The van der Waals surface area contributed by atoms with Gasteiger partial charge in [-0.2, -0.15) is 13.2 Å². The number of alkyl halides is 3. The third kappa shape index (κ3) is 2.90. The maximum absolute atomic E-state index is 13.6. The molecule has 2 aromatic carbocycles. The fourth-order valence-electron chi connectivity index (χ4n) is 1.70. The molecule has 0 spiro atoms. The average molecular weight is 347 g/mol. The van der Waals surface area contributed by atoms with Crippen molar-refractivity contribution in [2.45, 2.75) is 6.18 Å². The van der Waals surface area contributed by atoms with Crippen LogP contribution in [0.15, 0.2) is 46.9 Å². The Balaban J connectivity index is 2.50. The summed E-state index contributed by atoms with van der Waals surface area (Å²) in [6.07, 6.45) is -4.55. The van der Waals surface area contributed by atoms with Gasteiger partial charge in [-0.05, 0) is 40.2 Å². The van der Waals surface area contributed by atoms with Gasteiger partial charge in [0.1, 0.15) is 5.82 Å². The monoisotopic (exact) mass is 346 g/mol. The number of carbonyl (C=O) groups excluding carboxylic acids is 1. The fourth-order valence-corrected chi connectivity index (χ4v) is 2.22. The van der Waals surface area contributed by atoms with Gasteiger partial charge in [0, 0.05) is 10.0 Å². The van der Waals surface area contributed by atoms with E-state index < -0.39 is 23.3 Å². The van der Waals surface area contributed by atoms with Gasteiger partial charge in [-0.3, -0.25) is 4.79 Å². The van der Waals surface area contributed by atoms with Crippen molar-refractivity contribution in [3.05, 3.63) is 69.4 Å². The Bertz CT molecular complexity index is 644. The molecule has 20 heavy (non-hydrogen) atoms. The van der Waals surface area contributed by atoms with Gasteiger partial charge in [0.25, 0.3) is 0 Å². The highest BCUT2D eigenvalue weighted by atomic mass is 79.9. The van der Waals surface area contributed by atoms with Crippen LogP contribution in [-0.2, 0) is 6.18 Å². The minimum absolute atomic E-state index is 0.194. The number of hydrogen-bond acceptors (Lipinski definition) is 1. The molecule has 0 radical (unpaired) electrons. The standard InChI is InChI=1S/C14H7BrF4O/c15-10-5-2-6-11(16)12(10)13(20)8-3-1-4-9(7-8)14(17,18)19/h1-7H. The number of rotatable bonds is 2. The molecule has 0 N–H and O–H groups in total. The summed E-state index contributed by atoms with van der Waals surface area (Å²) in [7, 11) is 0. The van der Waals surface area contributed by atoms with E-state index in [1.165, 1.54) is 18.2 Å². The topological polar surface area (TPSA) is 17.1 Å². The first-order chi connectivity index (χ1) is 9.30. The Labute approximate surface area is 120 Å². The van der Waals surface area contributed by atoms with E-state index in [1.807, 2.05) is 0 Å². The van der Waals surface area contributed by atoms with E-state index in [9.17, 15) is 22.4 Å². The SMILES string of the molecule is O=C(c1cccc(C(F)(F)F)c1)c1c(F)cccc1Br. The molecule has 0 bridgehead atoms. The van der Waals surface area contributed by atoms with Gasteiger partial charge in [-0.1, -0.05) is 18.2 Å². The van der Waals surface area contributed by atoms with Crippen molar-refractivity contribution >= 4 is 21.7 Å². The van der Waals surface area contributed by atoms with Gasteiger partial charge in [0.15, 0.2) is 5.78 Å². The van der Waals surface area contributed by atoms with Crippen molar-refractivity contribution in [1.82, 2.24) is 0 Å². The van der Waals surface area contributed by atoms with E-state index in [0.717, 1.165) is 18.2 Å². The van der Waals surface area contributed by atoms with Gasteiger partial charge in [-0.25, -0.2) is 4.39 Å². The minimum Gasteiger partial charge on any atom is -0.288 e. The first-order valence-corrected chi connectivity index (χ1v) is 6.26. The van der Waals surface area contributed by atoms with E-state index in [1.54, 1.807) is 0 Å². The van der Waals surface area contributed by atoms with Gasteiger partial charge >= 0.3 is 6.18 Å². The number of ketones is 1. The lowest BCUT2D eigenvalue weighted by atomic mass is 10.0. The molecule has 0 aliphatic rings. The van der Waals surface area contributed by atoms with Crippen molar-refractivity contribution in [2.75, 3.05) is 0 Å². The molecule has 2 rings (SSSR count). The van der Waals surface area contributed by atoms with Gasteiger partial charge in [0.2, 0.25) is 0 Å². The van der Waals surface area contributed by atoms with Crippen LogP contribution in [0.1, 0.15) is 21.5 Å². The summed E-state index contributed by atoms with van der Waals surface area (Å²) in [5, 5.41) is 0. The quantitative estimate of drug-likeness (QED) is 0.561. The maximum atomic E-state index is 13.6. The second-order valence-electron chi connectivity index (χ2n) is 4.00. The van der Waals surface area contributed by atoms with Crippen LogP contribution in [0.2, 0.25) is 0 Å². The summed E-state index contributed by atoms with van der Waals surface area (Å²) in [5.41, 5.74) is -1.45. The molecule has 0 aromatic heterocycles. The molecule has 0 saturated heterocycles. The summed E-state index contributed by atoms with van der Waals surface area (Å²) < 4.78 is 51.6. The first kappa shape index (κ1) is 14.7. The van der Waals surface area contributed by atoms with Gasteiger partial charge < -0.3 is 0 Å². The molecule has 1 nitrogen and oxygen atoms in total. The van der Waals surface area contributed by atoms with E-state index in [4.69, 9.17) is 0 Å². The summed E-state index contributed by atoms with van der Waals surface area (Å²) in [4.78, 5) is 12.1. The summed E-state index contributed by atoms with van der Waals surface area (Å²) in [6.45, 7) is 0. The predicted octanol–water partition coefficient (Wildman–Crippen LogP) is 4.84. The molecule has 0 unspecified atom stereocenters. The smallest absolute Gasteiger partial charge is 0.288 e. The Morgan fingerprint density at radius 1 is 1.05 bits per heavy atom. The third-order valence-corrected chi connectivity index (χ3v) is 3.30. The first-order valence-electron chi connectivity index (χ1n) is 5.46. The Morgan fingerprint density at radius 3 is 2.30 bits per heavy atom. The molecular formula is C14H7BrF4O. The van der Waals surface area contributed by atoms with E-state index in [2.05, 4.69) is 15.9 Å². The average Bonchev–Trinajstić information content (AvgIpc) is 2.37. The van der Waals surface area contributed by atoms with Crippen LogP contribution in [0.3, 0.4) is 0 Å². The van der Waals surface area contributed by atoms with Gasteiger partial charge in [-0.15, -0.1) is 0 Å². The second kappa shape index (κ2) is 5.36. The van der Waals surface area contributed by atoms with Crippen molar-refractivity contribution in [3.63, 3.8) is 0 Å². The molecule has 2 aromatic rings. The number of carbonyl (C=O) groups is 1. The lowest BCUT2D eigenvalue weighted by molar-refractivity contribution is -0.137. The van der Waals surface area contributed by atoms with Crippen molar-refractivity contribution in [3.8, 4) is 0 Å². The largest absolute Gasteiger partial charge is 0.416 e. The summed E-state index contributed by atoms with van der Waals surface area (Å²) in [6, 6.07) is 7.81. The summed E-state index contributed by atoms with van der Waals surface area (Å²) >= 11 is 3.02. The molecule has 0 heterocycles. The molecule has 0 aliphatic heterocycles. The number of hydrogen-bond donors (Lipinski definition) is 0. The highest BCUT2D eigenvalue weighted by molar-refractivity contribution is 9.10. The Hall–Kier alpha value is -1.69.